The van der Waals surface area contributed by atoms with E-state index >= 15 is 0 Å². The smallest absolute Gasteiger partial charge is 0.326 e. The number of carbonyl (C=O) groups is 10. The predicted octanol–water partition coefficient (Wildman–Crippen LogP) is -1.53. The number of carboxylic acids is 4. The number of aromatic nitrogens is 2. The molecule has 7 atom stereocenters. The van der Waals surface area contributed by atoms with Gasteiger partial charge in [-0.2, -0.15) is 0 Å². The molecule has 0 saturated carbocycles. The number of fused-ring (bicyclic) bond motifs is 2. The van der Waals surface area contributed by atoms with E-state index in [2.05, 4.69) is 41.9 Å². The van der Waals surface area contributed by atoms with E-state index in [-0.39, 0.29) is 38.6 Å². The van der Waals surface area contributed by atoms with E-state index in [9.17, 15) is 63.3 Å². The third-order valence-electron chi connectivity index (χ3n) is 11.4. The van der Waals surface area contributed by atoms with Crippen molar-refractivity contribution in [3.05, 3.63) is 72.1 Å². The number of amides is 6. The molecule has 25 nitrogen and oxygen atoms in total. The van der Waals surface area contributed by atoms with Gasteiger partial charge >= 0.3 is 23.9 Å². The summed E-state index contributed by atoms with van der Waals surface area (Å²) in [6, 6.07) is 3.06. The fourth-order valence-electron chi connectivity index (χ4n) is 7.53. The summed E-state index contributed by atoms with van der Waals surface area (Å²) in [6.45, 7) is -0.840. The third-order valence-corrected chi connectivity index (χ3v) is 11.4. The summed E-state index contributed by atoms with van der Waals surface area (Å²) in [6.07, 6.45) is 0.264. The summed E-state index contributed by atoms with van der Waals surface area (Å²) < 4.78 is 0. The fraction of sp³-hybridized carbons (Fsp3) is 0.435. The number of aromatic amines is 2. The molecule has 0 saturated heterocycles. The van der Waals surface area contributed by atoms with Crippen molar-refractivity contribution in [1.82, 2.24) is 41.9 Å². The molecule has 0 unspecified atom stereocenters. The number of hydrogen-bond acceptors (Lipinski definition) is 13. The maximum absolute atomic E-state index is 14.1. The predicted molar refractivity (Wildman–Crippen MR) is 252 cm³/mol. The lowest BCUT2D eigenvalue weighted by atomic mass is 10.0. The van der Waals surface area contributed by atoms with Gasteiger partial charge in [0, 0.05) is 66.3 Å². The van der Waals surface area contributed by atoms with Crippen molar-refractivity contribution < 1.29 is 73.5 Å². The largest absolute Gasteiger partial charge is 0.481 e. The first kappa shape index (κ1) is 55.7. The molecule has 6 amide bonds. The number of nitrogens with two attached hydrogens (primary N) is 2. The lowest BCUT2D eigenvalue weighted by Crippen LogP contribution is -2.61. The minimum absolute atomic E-state index is 0.0507. The van der Waals surface area contributed by atoms with Crippen molar-refractivity contribution in [3.8, 4) is 0 Å². The van der Waals surface area contributed by atoms with Crippen molar-refractivity contribution in [2.24, 2.45) is 11.5 Å². The van der Waals surface area contributed by atoms with Crippen LogP contribution in [0.1, 0.15) is 68.9 Å². The summed E-state index contributed by atoms with van der Waals surface area (Å²) in [5, 5.41) is 63.6. The molecule has 0 aliphatic heterocycles. The molecule has 71 heavy (non-hydrogen) atoms. The highest BCUT2D eigenvalue weighted by Gasteiger charge is 2.35. The molecular weight excluding hydrogens is 933 g/mol. The summed E-state index contributed by atoms with van der Waals surface area (Å²) in [7, 11) is 0. The maximum atomic E-state index is 14.1. The average Bonchev–Trinajstić information content (AvgIpc) is 3.94. The Morgan fingerprint density at radius 2 is 0.859 bits per heavy atom. The Balaban J connectivity index is 1.60. The van der Waals surface area contributed by atoms with Gasteiger partial charge < -0.3 is 78.9 Å². The zero-order valence-corrected chi connectivity index (χ0v) is 38.5. The van der Waals surface area contributed by atoms with E-state index < -0.39 is 140 Å². The number of unbranched alkanes of at least 4 members (excludes halogenated alkanes) is 1. The first-order valence-electron chi connectivity index (χ1n) is 22.7. The molecule has 0 fully saturated rings. The van der Waals surface area contributed by atoms with Crippen LogP contribution in [0.15, 0.2) is 60.9 Å². The van der Waals surface area contributed by atoms with Gasteiger partial charge in [0.1, 0.15) is 36.3 Å². The number of aliphatic carboxylic acids is 4. The van der Waals surface area contributed by atoms with Crippen LogP contribution < -0.4 is 43.4 Å². The number of carbonyl (C=O) groups excluding carboxylic acids is 6. The average molecular weight is 993 g/mol. The Bertz CT molecular complexity index is 2540. The van der Waals surface area contributed by atoms with Gasteiger partial charge in [-0.15, -0.1) is 0 Å². The highest BCUT2D eigenvalue weighted by molar-refractivity contribution is 5.98. The standard InChI is InChI=1S/C46H60N10O15/c47-18-6-5-11-31(51-43(67)34(54-40(64)28(48)12-15-37(58)59)19-24-21-49-29-9-3-1-7-26(24)29)41(65)56-36(23-57)45(69)55-35(20-25-22-50-30-10-4-2-8-27(25)30)44(68)52-32(13-16-38(60)61)42(66)53-33(46(70)71)14-17-39(62)63/h1-4,7-10,21-22,28,31-36,49-50,57H,5-6,11-20,23,47-48H2,(H,51,67)(H,52,68)(H,53,66)(H,54,64)(H,55,69)(H,56,65)(H,58,59)(H,60,61)(H,62,63)(H,70,71)/t28-,31-,32-,33-,34-,35-,36-/m0/s1. The summed E-state index contributed by atoms with van der Waals surface area (Å²) in [5.41, 5.74) is 14.1. The molecule has 384 valence electrons. The molecule has 0 aliphatic carbocycles. The lowest BCUT2D eigenvalue weighted by Gasteiger charge is -2.27. The first-order chi connectivity index (χ1) is 33.8. The monoisotopic (exact) mass is 992 g/mol. The Morgan fingerprint density at radius 1 is 0.479 bits per heavy atom. The summed E-state index contributed by atoms with van der Waals surface area (Å²) in [4.78, 5) is 135. The van der Waals surface area contributed by atoms with Gasteiger partial charge in [0.15, 0.2) is 0 Å². The van der Waals surface area contributed by atoms with Crippen molar-refractivity contribution in [2.75, 3.05) is 13.2 Å². The van der Waals surface area contributed by atoms with Gasteiger partial charge in [-0.3, -0.25) is 43.2 Å². The van der Waals surface area contributed by atoms with Crippen LogP contribution in [-0.4, -0.2) is 150 Å². The molecule has 2 heterocycles. The second kappa shape index (κ2) is 27.3. The third kappa shape index (κ3) is 17.2. The van der Waals surface area contributed by atoms with E-state index in [0.717, 1.165) is 10.9 Å². The number of carboxylic acid groups (broad SMARTS) is 4. The van der Waals surface area contributed by atoms with Gasteiger partial charge in [0.25, 0.3) is 0 Å². The first-order valence-corrected chi connectivity index (χ1v) is 22.7. The van der Waals surface area contributed by atoms with Crippen LogP contribution in [0.4, 0.5) is 0 Å². The zero-order valence-electron chi connectivity index (χ0n) is 38.5. The van der Waals surface area contributed by atoms with Gasteiger partial charge in [-0.25, -0.2) is 4.79 Å². The minimum Gasteiger partial charge on any atom is -0.481 e. The summed E-state index contributed by atoms with van der Waals surface area (Å²) >= 11 is 0. The van der Waals surface area contributed by atoms with Crippen molar-refractivity contribution in [2.45, 2.75) is 113 Å². The fourth-order valence-corrected chi connectivity index (χ4v) is 7.53. The number of hydrogen-bond donors (Lipinski definition) is 15. The van der Waals surface area contributed by atoms with Crippen LogP contribution in [0.3, 0.4) is 0 Å². The number of benzene rings is 2. The van der Waals surface area contributed by atoms with E-state index in [1.54, 1.807) is 60.9 Å². The number of para-hydroxylation sites is 2. The van der Waals surface area contributed by atoms with Crippen LogP contribution >= 0.6 is 0 Å². The SMILES string of the molecule is NCCCC[C@H](NC(=O)[C@H](Cc1c[nH]c2ccccc12)NC(=O)[C@@H](N)CCC(=O)O)C(=O)N[C@@H](CO)C(=O)N[C@@H](Cc1c[nH]c2ccccc12)C(=O)N[C@@H](CCC(=O)O)C(=O)N[C@@H](CCC(=O)O)C(=O)O. The quantitative estimate of drug-likeness (QED) is 0.0254. The molecule has 2 aromatic carbocycles. The van der Waals surface area contributed by atoms with Crippen LogP contribution in [-0.2, 0) is 60.8 Å². The van der Waals surface area contributed by atoms with Gasteiger partial charge in [0.2, 0.25) is 35.4 Å². The minimum atomic E-state index is -1.79. The van der Waals surface area contributed by atoms with E-state index in [1.807, 2.05) is 0 Å². The molecule has 4 rings (SSSR count). The molecular formula is C46H60N10O15. The maximum Gasteiger partial charge on any atom is 0.326 e. The van der Waals surface area contributed by atoms with Gasteiger partial charge in [-0.1, -0.05) is 36.4 Å². The van der Waals surface area contributed by atoms with Gasteiger partial charge in [-0.05, 0) is 68.3 Å². The number of H-pyrrole nitrogens is 2. The number of rotatable bonds is 31. The number of aliphatic hydroxyl groups is 1. The van der Waals surface area contributed by atoms with Crippen LogP contribution in [0.5, 0.6) is 0 Å². The Morgan fingerprint density at radius 3 is 1.32 bits per heavy atom. The Kier molecular flexibility index (Phi) is 21.4. The molecule has 17 N–H and O–H groups in total. The molecule has 0 radical (unpaired) electrons. The van der Waals surface area contributed by atoms with Crippen molar-refractivity contribution in [3.63, 3.8) is 0 Å². The number of nitrogens with one attached hydrogen (secondary N) is 8. The van der Waals surface area contributed by atoms with E-state index in [0.29, 0.717) is 28.5 Å². The highest BCUT2D eigenvalue weighted by Crippen LogP contribution is 2.21. The van der Waals surface area contributed by atoms with E-state index in [1.165, 1.54) is 0 Å². The van der Waals surface area contributed by atoms with Gasteiger partial charge in [0.05, 0.1) is 12.6 Å². The van der Waals surface area contributed by atoms with Crippen LogP contribution in [0, 0.1) is 0 Å². The molecule has 25 heteroatoms. The van der Waals surface area contributed by atoms with Crippen LogP contribution in [0.25, 0.3) is 21.8 Å². The zero-order chi connectivity index (χ0) is 52.2. The van der Waals surface area contributed by atoms with Crippen molar-refractivity contribution in [1.29, 1.82) is 0 Å². The molecule has 4 aromatic rings. The Hall–Kier alpha value is -7.90. The second-order valence-corrected chi connectivity index (χ2v) is 16.7. The lowest BCUT2D eigenvalue weighted by molar-refractivity contribution is -0.144. The molecule has 2 aromatic heterocycles. The Labute approximate surface area is 405 Å². The van der Waals surface area contributed by atoms with E-state index in [4.69, 9.17) is 21.7 Å². The molecule has 0 spiro atoms. The van der Waals surface area contributed by atoms with Crippen LogP contribution in [0.2, 0.25) is 0 Å². The summed E-state index contributed by atoms with van der Waals surface area (Å²) in [5.74, 6) is -11.6. The normalized spacial score (nSPS) is 14.1. The van der Waals surface area contributed by atoms with Crippen molar-refractivity contribution >= 4 is 81.1 Å². The molecule has 0 bridgehead atoms. The molecule has 0 aliphatic rings. The topological polar surface area (TPSA) is 428 Å². The second-order valence-electron chi connectivity index (χ2n) is 16.7. The highest BCUT2D eigenvalue weighted by atomic mass is 16.4. The number of aliphatic hydroxyl groups excluding tert-OH is 1.